The lowest BCUT2D eigenvalue weighted by atomic mass is 9.91. The third-order valence-corrected chi connectivity index (χ3v) is 4.25. The Morgan fingerprint density at radius 1 is 1.35 bits per heavy atom. The molecule has 0 aliphatic carbocycles. The molecule has 0 spiro atoms. The zero-order valence-corrected chi connectivity index (χ0v) is 13.5. The largest absolute Gasteiger partial charge is 0.478 e. The smallest absolute Gasteiger partial charge is 0.337 e. The maximum absolute atomic E-state index is 11.3. The second-order valence-corrected chi connectivity index (χ2v) is 5.86. The van der Waals surface area contributed by atoms with E-state index in [4.69, 9.17) is 9.84 Å². The van der Waals surface area contributed by atoms with Crippen LogP contribution in [-0.4, -0.2) is 41.7 Å². The maximum atomic E-state index is 11.3. The standard InChI is InChI=1S/C17H24N2O4/c1-2-23-16(20)5-3-4-13-6-8-19(9-7-13)15-10-14(17(21)22)11-18-12-15/h10-13H,2-9H2,1H3,(H,21,22). The molecule has 1 N–H and O–H groups in total. The third-order valence-electron chi connectivity index (χ3n) is 4.25. The molecule has 6 nitrogen and oxygen atoms in total. The molecule has 0 unspecified atom stereocenters. The van der Waals surface area contributed by atoms with Gasteiger partial charge < -0.3 is 14.7 Å². The van der Waals surface area contributed by atoms with Crippen molar-refractivity contribution in [1.29, 1.82) is 0 Å². The maximum Gasteiger partial charge on any atom is 0.337 e. The minimum atomic E-state index is -0.951. The average Bonchev–Trinajstić information content (AvgIpc) is 2.56. The molecule has 126 valence electrons. The molecular formula is C17H24N2O4. The van der Waals surface area contributed by atoms with Gasteiger partial charge in [0.2, 0.25) is 0 Å². The van der Waals surface area contributed by atoms with Crippen LogP contribution < -0.4 is 4.90 Å². The van der Waals surface area contributed by atoms with Crippen LogP contribution in [0.15, 0.2) is 18.5 Å². The fraction of sp³-hybridized carbons (Fsp3) is 0.588. The van der Waals surface area contributed by atoms with E-state index in [1.165, 1.54) is 6.20 Å². The molecular weight excluding hydrogens is 296 g/mol. The van der Waals surface area contributed by atoms with Gasteiger partial charge in [-0.15, -0.1) is 0 Å². The molecule has 1 saturated heterocycles. The van der Waals surface area contributed by atoms with Crippen molar-refractivity contribution in [2.75, 3.05) is 24.6 Å². The number of esters is 1. The number of aromatic carboxylic acids is 1. The molecule has 0 radical (unpaired) electrons. The number of hydrogen-bond acceptors (Lipinski definition) is 5. The van der Waals surface area contributed by atoms with Gasteiger partial charge in [0.15, 0.2) is 0 Å². The molecule has 1 aromatic rings. The van der Waals surface area contributed by atoms with Crippen LogP contribution in [0, 0.1) is 5.92 Å². The molecule has 1 aliphatic rings. The van der Waals surface area contributed by atoms with Gasteiger partial charge in [0.1, 0.15) is 0 Å². The summed E-state index contributed by atoms with van der Waals surface area (Å²) < 4.78 is 4.93. The number of carbonyl (C=O) groups is 2. The van der Waals surface area contributed by atoms with Gasteiger partial charge in [-0.1, -0.05) is 0 Å². The lowest BCUT2D eigenvalue weighted by molar-refractivity contribution is -0.143. The first-order valence-corrected chi connectivity index (χ1v) is 8.19. The minimum Gasteiger partial charge on any atom is -0.478 e. The van der Waals surface area contributed by atoms with E-state index in [9.17, 15) is 9.59 Å². The first kappa shape index (κ1) is 17.2. The number of aromatic nitrogens is 1. The van der Waals surface area contributed by atoms with Crippen LogP contribution in [0.4, 0.5) is 5.69 Å². The predicted octanol–water partition coefficient (Wildman–Crippen LogP) is 2.73. The van der Waals surface area contributed by atoms with Crippen molar-refractivity contribution in [3.05, 3.63) is 24.0 Å². The van der Waals surface area contributed by atoms with Gasteiger partial charge in [0.05, 0.1) is 24.1 Å². The lowest BCUT2D eigenvalue weighted by Gasteiger charge is -2.33. The number of rotatable bonds is 7. The van der Waals surface area contributed by atoms with Gasteiger partial charge in [-0.25, -0.2) is 4.79 Å². The molecule has 0 saturated carbocycles. The summed E-state index contributed by atoms with van der Waals surface area (Å²) in [5.41, 5.74) is 1.09. The Bertz CT molecular complexity index is 539. The lowest BCUT2D eigenvalue weighted by Crippen LogP contribution is -2.33. The zero-order chi connectivity index (χ0) is 16.7. The Hall–Kier alpha value is -2.11. The number of ether oxygens (including phenoxy) is 1. The summed E-state index contributed by atoms with van der Waals surface area (Å²) >= 11 is 0. The van der Waals surface area contributed by atoms with Crippen molar-refractivity contribution in [3.8, 4) is 0 Å². The van der Waals surface area contributed by atoms with Crippen LogP contribution in [0.25, 0.3) is 0 Å². The number of carbonyl (C=O) groups excluding carboxylic acids is 1. The van der Waals surface area contributed by atoms with Crippen molar-refractivity contribution in [1.82, 2.24) is 4.98 Å². The van der Waals surface area contributed by atoms with Crippen molar-refractivity contribution >= 4 is 17.6 Å². The highest BCUT2D eigenvalue weighted by atomic mass is 16.5. The molecule has 2 heterocycles. The fourth-order valence-electron chi connectivity index (χ4n) is 2.97. The SMILES string of the molecule is CCOC(=O)CCCC1CCN(c2cncc(C(=O)O)c2)CC1. The number of carboxylic acid groups (broad SMARTS) is 1. The van der Waals surface area contributed by atoms with E-state index in [1.54, 1.807) is 12.3 Å². The highest BCUT2D eigenvalue weighted by Gasteiger charge is 2.20. The first-order valence-electron chi connectivity index (χ1n) is 8.19. The fourth-order valence-corrected chi connectivity index (χ4v) is 2.97. The van der Waals surface area contributed by atoms with Crippen molar-refractivity contribution in [3.63, 3.8) is 0 Å². The molecule has 1 aliphatic heterocycles. The Kier molecular flexibility index (Phi) is 6.38. The molecule has 0 bridgehead atoms. The molecule has 0 aromatic carbocycles. The quantitative estimate of drug-likeness (QED) is 0.778. The van der Waals surface area contributed by atoms with Crippen LogP contribution in [0.1, 0.15) is 49.4 Å². The Balaban J connectivity index is 1.76. The summed E-state index contributed by atoms with van der Waals surface area (Å²) in [6.07, 6.45) is 7.61. The Morgan fingerprint density at radius 2 is 2.09 bits per heavy atom. The van der Waals surface area contributed by atoms with Gasteiger partial charge >= 0.3 is 11.9 Å². The monoisotopic (exact) mass is 320 g/mol. The van der Waals surface area contributed by atoms with E-state index >= 15 is 0 Å². The average molecular weight is 320 g/mol. The van der Waals surface area contributed by atoms with Crippen LogP contribution >= 0.6 is 0 Å². The predicted molar refractivity (Wildman–Crippen MR) is 86.6 cm³/mol. The van der Waals surface area contributed by atoms with Gasteiger partial charge in [0.25, 0.3) is 0 Å². The van der Waals surface area contributed by atoms with Crippen molar-refractivity contribution in [2.24, 2.45) is 5.92 Å². The highest BCUT2D eigenvalue weighted by molar-refractivity contribution is 5.88. The molecule has 0 amide bonds. The van der Waals surface area contributed by atoms with E-state index < -0.39 is 5.97 Å². The molecule has 23 heavy (non-hydrogen) atoms. The van der Waals surface area contributed by atoms with Gasteiger partial charge in [-0.2, -0.15) is 0 Å². The number of nitrogens with zero attached hydrogens (tertiary/aromatic N) is 2. The normalized spacial score (nSPS) is 15.4. The molecule has 6 heteroatoms. The second-order valence-electron chi connectivity index (χ2n) is 5.86. The zero-order valence-electron chi connectivity index (χ0n) is 13.5. The summed E-state index contributed by atoms with van der Waals surface area (Å²) in [7, 11) is 0. The molecule has 0 atom stereocenters. The van der Waals surface area contributed by atoms with E-state index in [0.29, 0.717) is 18.9 Å². The van der Waals surface area contributed by atoms with Gasteiger partial charge in [0, 0.05) is 25.7 Å². The number of anilines is 1. The van der Waals surface area contributed by atoms with E-state index in [0.717, 1.165) is 44.5 Å². The second kappa shape index (κ2) is 8.50. The summed E-state index contributed by atoms with van der Waals surface area (Å²) in [4.78, 5) is 28.5. The van der Waals surface area contributed by atoms with E-state index in [-0.39, 0.29) is 11.5 Å². The molecule has 1 fully saturated rings. The van der Waals surface area contributed by atoms with Gasteiger partial charge in [-0.3, -0.25) is 9.78 Å². The Morgan fingerprint density at radius 3 is 2.74 bits per heavy atom. The van der Waals surface area contributed by atoms with Gasteiger partial charge in [-0.05, 0) is 44.6 Å². The number of carboxylic acids is 1. The van der Waals surface area contributed by atoms with Crippen LogP contribution in [-0.2, 0) is 9.53 Å². The molecule has 2 rings (SSSR count). The van der Waals surface area contributed by atoms with E-state index in [1.807, 2.05) is 6.92 Å². The molecule has 1 aromatic heterocycles. The summed E-state index contributed by atoms with van der Waals surface area (Å²) in [6.45, 7) is 4.06. The summed E-state index contributed by atoms with van der Waals surface area (Å²) in [5, 5.41) is 9.03. The van der Waals surface area contributed by atoms with E-state index in [2.05, 4.69) is 9.88 Å². The number of piperidine rings is 1. The first-order chi connectivity index (χ1) is 11.1. The topological polar surface area (TPSA) is 79.7 Å². The summed E-state index contributed by atoms with van der Waals surface area (Å²) in [6, 6.07) is 1.68. The number of pyridine rings is 1. The van der Waals surface area contributed by atoms with Crippen LogP contribution in [0.2, 0.25) is 0 Å². The van der Waals surface area contributed by atoms with Crippen molar-refractivity contribution in [2.45, 2.75) is 39.0 Å². The summed E-state index contributed by atoms with van der Waals surface area (Å²) in [5.74, 6) is -0.439. The Labute approximate surface area is 136 Å². The highest BCUT2D eigenvalue weighted by Crippen LogP contribution is 2.26. The van der Waals surface area contributed by atoms with Crippen LogP contribution in [0.5, 0.6) is 0 Å². The van der Waals surface area contributed by atoms with Crippen molar-refractivity contribution < 1.29 is 19.4 Å². The third kappa shape index (κ3) is 5.23. The van der Waals surface area contributed by atoms with Crippen LogP contribution in [0.3, 0.4) is 0 Å². The minimum absolute atomic E-state index is 0.110. The number of hydrogen-bond donors (Lipinski definition) is 1.